The number of esters is 1. The molecule has 0 aliphatic rings. The van der Waals surface area contributed by atoms with Gasteiger partial charge >= 0.3 is 11.7 Å². The zero-order valence-electron chi connectivity index (χ0n) is 17.3. The van der Waals surface area contributed by atoms with Gasteiger partial charge in [0.2, 0.25) is 0 Å². The van der Waals surface area contributed by atoms with E-state index in [4.69, 9.17) is 14.2 Å². The molecule has 0 saturated heterocycles. The van der Waals surface area contributed by atoms with E-state index in [9.17, 15) is 19.7 Å². The molecule has 9 heteroatoms. The summed E-state index contributed by atoms with van der Waals surface area (Å²) >= 11 is 0. The van der Waals surface area contributed by atoms with Crippen molar-refractivity contribution in [2.24, 2.45) is 0 Å². The van der Waals surface area contributed by atoms with Gasteiger partial charge in [-0.15, -0.1) is 0 Å². The zero-order valence-corrected chi connectivity index (χ0v) is 17.3. The summed E-state index contributed by atoms with van der Waals surface area (Å²) in [5, 5.41) is 13.6. The fourth-order valence-electron chi connectivity index (χ4n) is 2.58. The second kappa shape index (κ2) is 10.2. The largest absolute Gasteiger partial charge is 0.490 e. The third-order valence-electron chi connectivity index (χ3n) is 4.26. The molecular formula is C21H24N2O7. The topological polar surface area (TPSA) is 117 Å². The molecule has 2 rings (SSSR count). The fraction of sp³-hybridized carbons (Fsp3) is 0.333. The van der Waals surface area contributed by atoms with Crippen LogP contribution in [0.1, 0.15) is 30.9 Å². The summed E-state index contributed by atoms with van der Waals surface area (Å²) in [5.41, 5.74) is 1.73. The van der Waals surface area contributed by atoms with Crippen molar-refractivity contribution in [3.05, 3.63) is 57.6 Å². The zero-order chi connectivity index (χ0) is 22.3. The summed E-state index contributed by atoms with van der Waals surface area (Å²) in [4.78, 5) is 34.3. The van der Waals surface area contributed by atoms with E-state index in [2.05, 4.69) is 19.2 Å². The first-order chi connectivity index (χ1) is 14.2. The lowest BCUT2D eigenvalue weighted by atomic mass is 10.0. The summed E-state index contributed by atoms with van der Waals surface area (Å²) in [7, 11) is 1.29. The van der Waals surface area contributed by atoms with Gasteiger partial charge in [-0.2, -0.15) is 0 Å². The van der Waals surface area contributed by atoms with Gasteiger partial charge in [-0.25, -0.2) is 4.79 Å². The average Bonchev–Trinajstić information content (AvgIpc) is 2.72. The van der Waals surface area contributed by atoms with Gasteiger partial charge in [-0.1, -0.05) is 26.0 Å². The van der Waals surface area contributed by atoms with Crippen molar-refractivity contribution in [3.63, 3.8) is 0 Å². The molecule has 0 saturated carbocycles. The average molecular weight is 416 g/mol. The Morgan fingerprint density at radius 3 is 2.37 bits per heavy atom. The Hall–Kier alpha value is -3.62. The fourth-order valence-corrected chi connectivity index (χ4v) is 2.58. The number of hydrogen-bond donors (Lipinski definition) is 1. The third kappa shape index (κ3) is 6.20. The van der Waals surface area contributed by atoms with Crippen LogP contribution in [0.4, 0.5) is 11.4 Å². The maximum absolute atomic E-state index is 12.1. The predicted molar refractivity (Wildman–Crippen MR) is 110 cm³/mol. The van der Waals surface area contributed by atoms with Gasteiger partial charge in [-0.3, -0.25) is 14.9 Å². The summed E-state index contributed by atoms with van der Waals surface area (Å²) in [6.45, 7) is 4.90. The minimum Gasteiger partial charge on any atom is -0.490 e. The van der Waals surface area contributed by atoms with E-state index in [1.165, 1.54) is 19.2 Å². The Kier molecular flexibility index (Phi) is 7.74. The molecule has 0 fully saturated rings. The smallest absolute Gasteiger partial charge is 0.344 e. The quantitative estimate of drug-likeness (QED) is 0.377. The highest BCUT2D eigenvalue weighted by Gasteiger charge is 2.18. The van der Waals surface area contributed by atoms with E-state index in [1.807, 2.05) is 12.1 Å². The number of nitrogens with zero attached hydrogens (tertiary/aromatic N) is 1. The summed E-state index contributed by atoms with van der Waals surface area (Å²) in [6, 6.07) is 10.00. The second-order valence-corrected chi connectivity index (χ2v) is 6.82. The highest BCUT2D eigenvalue weighted by molar-refractivity contribution is 5.94. The number of aryl methyl sites for hydroxylation is 1. The summed E-state index contributed by atoms with van der Waals surface area (Å²) in [5.74, 6) is -0.370. The lowest BCUT2D eigenvalue weighted by Gasteiger charge is -2.11. The number of anilines is 1. The third-order valence-corrected chi connectivity index (χ3v) is 4.26. The molecule has 1 amide bonds. The molecule has 0 unspecified atom stereocenters. The Bertz CT molecular complexity index is 924. The summed E-state index contributed by atoms with van der Waals surface area (Å²) in [6.07, 6.45) is 0. The standard InChI is InChI=1S/C21H24N2O7/c1-13(2)15-5-7-16(8-6-15)29-12-21(25)30-11-20(24)22-17-10-19(28-4)18(23(26)27)9-14(17)3/h5-10,13H,11-12H2,1-4H3,(H,22,24). The van der Waals surface area contributed by atoms with Crippen molar-refractivity contribution in [2.45, 2.75) is 26.7 Å². The molecule has 0 aliphatic carbocycles. The molecule has 0 heterocycles. The number of benzene rings is 2. The number of nitro groups is 1. The maximum Gasteiger partial charge on any atom is 0.344 e. The molecule has 0 aliphatic heterocycles. The molecule has 0 bridgehead atoms. The van der Waals surface area contributed by atoms with Crippen LogP contribution in [-0.2, 0) is 14.3 Å². The van der Waals surface area contributed by atoms with Crippen LogP contribution in [-0.4, -0.2) is 37.1 Å². The van der Waals surface area contributed by atoms with Gasteiger partial charge in [0, 0.05) is 17.8 Å². The van der Waals surface area contributed by atoms with E-state index in [-0.39, 0.29) is 18.0 Å². The SMILES string of the molecule is COc1cc(NC(=O)COC(=O)COc2ccc(C(C)C)cc2)c(C)cc1[N+](=O)[O-]. The van der Waals surface area contributed by atoms with Crippen LogP contribution in [0.25, 0.3) is 0 Å². The lowest BCUT2D eigenvalue weighted by molar-refractivity contribution is -0.385. The van der Waals surface area contributed by atoms with Gasteiger partial charge in [0.1, 0.15) is 5.75 Å². The van der Waals surface area contributed by atoms with Crippen LogP contribution in [0.2, 0.25) is 0 Å². The van der Waals surface area contributed by atoms with E-state index < -0.39 is 23.4 Å². The molecular weight excluding hydrogens is 392 g/mol. The second-order valence-electron chi connectivity index (χ2n) is 6.82. The predicted octanol–water partition coefficient (Wildman–Crippen LogP) is 3.60. The van der Waals surface area contributed by atoms with Crippen LogP contribution in [0.15, 0.2) is 36.4 Å². The minimum absolute atomic E-state index is 0.00906. The van der Waals surface area contributed by atoms with Crippen molar-refractivity contribution in [3.8, 4) is 11.5 Å². The van der Waals surface area contributed by atoms with Crippen LogP contribution in [0.3, 0.4) is 0 Å². The number of rotatable bonds is 9. The van der Waals surface area contributed by atoms with Crippen molar-refractivity contribution in [2.75, 3.05) is 25.6 Å². The maximum atomic E-state index is 12.1. The van der Waals surface area contributed by atoms with Gasteiger partial charge in [-0.05, 0) is 36.1 Å². The van der Waals surface area contributed by atoms with E-state index in [0.29, 0.717) is 22.9 Å². The number of nitro benzene ring substituents is 1. The first-order valence-corrected chi connectivity index (χ1v) is 9.22. The Morgan fingerprint density at radius 1 is 1.13 bits per heavy atom. The number of nitrogens with one attached hydrogen (secondary N) is 1. The number of ether oxygens (including phenoxy) is 3. The van der Waals surface area contributed by atoms with Gasteiger partial charge < -0.3 is 19.5 Å². The van der Waals surface area contributed by atoms with Crippen molar-refractivity contribution >= 4 is 23.3 Å². The van der Waals surface area contributed by atoms with Crippen molar-refractivity contribution in [1.29, 1.82) is 0 Å². The van der Waals surface area contributed by atoms with Crippen LogP contribution >= 0.6 is 0 Å². The van der Waals surface area contributed by atoms with Gasteiger partial charge in [0.25, 0.3) is 5.91 Å². The number of hydrogen-bond acceptors (Lipinski definition) is 7. The molecule has 2 aromatic carbocycles. The van der Waals surface area contributed by atoms with E-state index in [0.717, 1.165) is 5.56 Å². The number of carbonyl (C=O) groups is 2. The first-order valence-electron chi connectivity index (χ1n) is 9.22. The Labute approximate surface area is 174 Å². The molecule has 0 atom stereocenters. The Balaban J connectivity index is 1.85. The summed E-state index contributed by atoms with van der Waals surface area (Å²) < 4.78 is 15.2. The number of amides is 1. The van der Waals surface area contributed by atoms with Gasteiger partial charge in [0.05, 0.1) is 12.0 Å². The van der Waals surface area contributed by atoms with E-state index >= 15 is 0 Å². The van der Waals surface area contributed by atoms with Crippen molar-refractivity contribution < 1.29 is 28.7 Å². The van der Waals surface area contributed by atoms with E-state index in [1.54, 1.807) is 19.1 Å². The number of methoxy groups -OCH3 is 1. The van der Waals surface area contributed by atoms with Crippen LogP contribution in [0, 0.1) is 17.0 Å². The molecule has 0 spiro atoms. The molecule has 160 valence electrons. The monoisotopic (exact) mass is 416 g/mol. The normalized spacial score (nSPS) is 10.4. The minimum atomic E-state index is -0.698. The molecule has 1 N–H and O–H groups in total. The highest BCUT2D eigenvalue weighted by atomic mass is 16.6. The molecule has 0 radical (unpaired) electrons. The molecule has 9 nitrogen and oxygen atoms in total. The highest BCUT2D eigenvalue weighted by Crippen LogP contribution is 2.32. The first kappa shape index (κ1) is 22.7. The van der Waals surface area contributed by atoms with Gasteiger partial charge in [0.15, 0.2) is 19.0 Å². The van der Waals surface area contributed by atoms with Crippen LogP contribution in [0.5, 0.6) is 11.5 Å². The van der Waals surface area contributed by atoms with Crippen molar-refractivity contribution in [1.82, 2.24) is 0 Å². The lowest BCUT2D eigenvalue weighted by Crippen LogP contribution is -2.24. The number of carbonyl (C=O) groups excluding carboxylic acids is 2. The Morgan fingerprint density at radius 2 is 1.80 bits per heavy atom. The molecule has 30 heavy (non-hydrogen) atoms. The molecule has 2 aromatic rings. The molecule has 0 aromatic heterocycles. The van der Waals surface area contributed by atoms with Crippen LogP contribution < -0.4 is 14.8 Å².